The fourth-order valence-corrected chi connectivity index (χ4v) is 4.82. The summed E-state index contributed by atoms with van der Waals surface area (Å²) in [6.07, 6.45) is 1.20. The van der Waals surface area contributed by atoms with Crippen molar-refractivity contribution in [1.29, 1.82) is 5.26 Å². The monoisotopic (exact) mass is 446 g/mol. The smallest absolute Gasteiger partial charge is 0.175 e. The number of benzene rings is 2. The van der Waals surface area contributed by atoms with Gasteiger partial charge in [0, 0.05) is 36.8 Å². The Balaban J connectivity index is 1.55. The van der Waals surface area contributed by atoms with Gasteiger partial charge in [-0.2, -0.15) is 5.26 Å². The van der Waals surface area contributed by atoms with Gasteiger partial charge >= 0.3 is 0 Å². The topological polar surface area (TPSA) is 70.4 Å². The lowest BCUT2D eigenvalue weighted by atomic mass is 9.99. The number of nitrogens with zero attached hydrogens (tertiary/aromatic N) is 2. The van der Waals surface area contributed by atoms with E-state index < -0.39 is 9.84 Å². The molecule has 5 nitrogen and oxygen atoms in total. The number of likely N-dealkylation sites (tertiary alicyclic amines) is 1. The van der Waals surface area contributed by atoms with E-state index in [1.807, 2.05) is 12.1 Å². The minimum atomic E-state index is -3.20. The molecule has 1 fully saturated rings. The van der Waals surface area contributed by atoms with Crippen LogP contribution in [-0.4, -0.2) is 45.8 Å². The van der Waals surface area contributed by atoms with Crippen LogP contribution in [-0.2, 0) is 9.84 Å². The normalized spacial score (nSPS) is 20.6. The molecule has 2 aromatic carbocycles. The van der Waals surface area contributed by atoms with Crippen molar-refractivity contribution in [2.75, 3.05) is 32.5 Å². The molecular weight excluding hydrogens is 420 g/mol. The summed E-state index contributed by atoms with van der Waals surface area (Å²) in [5.74, 6) is 1.86. The number of halogens is 1. The van der Waals surface area contributed by atoms with Gasteiger partial charge in [-0.1, -0.05) is 25.4 Å². The first-order chi connectivity index (χ1) is 14.2. The lowest BCUT2D eigenvalue weighted by molar-refractivity contribution is 0.224. The zero-order chi connectivity index (χ0) is 21.9. The van der Waals surface area contributed by atoms with Gasteiger partial charge in [0.2, 0.25) is 0 Å². The van der Waals surface area contributed by atoms with E-state index in [4.69, 9.17) is 21.6 Å². The van der Waals surface area contributed by atoms with E-state index in [9.17, 15) is 8.42 Å². The lowest BCUT2D eigenvalue weighted by Gasteiger charge is -2.21. The maximum absolute atomic E-state index is 11.6. The van der Waals surface area contributed by atoms with Gasteiger partial charge in [0.25, 0.3) is 0 Å². The van der Waals surface area contributed by atoms with Gasteiger partial charge < -0.3 is 9.64 Å². The van der Waals surface area contributed by atoms with Crippen LogP contribution in [0.1, 0.15) is 30.9 Å². The third-order valence-corrected chi connectivity index (χ3v) is 7.06. The van der Waals surface area contributed by atoms with E-state index in [0.717, 1.165) is 25.2 Å². The summed E-state index contributed by atoms with van der Waals surface area (Å²) >= 11 is 6.16. The third-order valence-electron chi connectivity index (χ3n) is 5.71. The predicted octanol–water partition coefficient (Wildman–Crippen LogP) is 4.37. The molecule has 0 N–H and O–H groups in total. The fourth-order valence-electron chi connectivity index (χ4n) is 3.95. The van der Waals surface area contributed by atoms with Gasteiger partial charge in [-0.15, -0.1) is 0 Å². The summed E-state index contributed by atoms with van der Waals surface area (Å²) in [6, 6.07) is 14.3. The molecule has 0 saturated carbocycles. The number of ether oxygens (including phenoxy) is 1. The second-order valence-electron chi connectivity index (χ2n) is 8.30. The van der Waals surface area contributed by atoms with Crippen LogP contribution in [0.4, 0.5) is 0 Å². The first kappa shape index (κ1) is 22.6. The maximum atomic E-state index is 11.6. The maximum Gasteiger partial charge on any atom is 0.175 e. The minimum Gasteiger partial charge on any atom is -0.493 e. The van der Waals surface area contributed by atoms with Crippen molar-refractivity contribution in [3.8, 4) is 11.8 Å². The first-order valence-electron chi connectivity index (χ1n) is 10.0. The molecule has 0 amide bonds. The molecule has 1 saturated heterocycles. The van der Waals surface area contributed by atoms with Crippen LogP contribution in [0.25, 0.3) is 0 Å². The summed E-state index contributed by atoms with van der Waals surface area (Å²) in [5, 5.41) is 9.76. The zero-order valence-electron chi connectivity index (χ0n) is 17.5. The van der Waals surface area contributed by atoms with Gasteiger partial charge in [0.1, 0.15) is 5.75 Å². The summed E-state index contributed by atoms with van der Waals surface area (Å²) in [6.45, 7) is 7.83. The molecule has 7 heteroatoms. The Morgan fingerprint density at radius 1 is 1.23 bits per heavy atom. The number of nitriles is 1. The van der Waals surface area contributed by atoms with Crippen molar-refractivity contribution in [3.05, 3.63) is 58.6 Å². The van der Waals surface area contributed by atoms with Crippen molar-refractivity contribution >= 4 is 21.4 Å². The second kappa shape index (κ2) is 9.38. The Bertz CT molecular complexity index is 1030. The second-order valence-corrected chi connectivity index (χ2v) is 10.7. The van der Waals surface area contributed by atoms with Gasteiger partial charge in [0.15, 0.2) is 9.84 Å². The molecule has 3 rings (SSSR count). The highest BCUT2D eigenvalue weighted by Gasteiger charge is 2.31. The zero-order valence-corrected chi connectivity index (χ0v) is 19.1. The molecule has 3 atom stereocenters. The van der Waals surface area contributed by atoms with E-state index in [2.05, 4.69) is 24.8 Å². The van der Waals surface area contributed by atoms with E-state index >= 15 is 0 Å². The van der Waals surface area contributed by atoms with Gasteiger partial charge in [-0.25, -0.2) is 8.42 Å². The number of sulfone groups is 1. The molecule has 1 heterocycles. The number of hydrogen-bond donors (Lipinski definition) is 0. The van der Waals surface area contributed by atoms with E-state index in [-0.39, 0.29) is 5.92 Å². The molecule has 0 radical (unpaired) electrons. The molecule has 1 aliphatic heterocycles. The molecular formula is C23H27ClN2O3S. The minimum absolute atomic E-state index is 0.270. The Morgan fingerprint density at radius 2 is 1.93 bits per heavy atom. The molecule has 160 valence electrons. The van der Waals surface area contributed by atoms with Crippen LogP contribution < -0.4 is 4.74 Å². The standard InChI is InChI=1S/C23H27ClN2O3S/c1-16(19-8-18(11-25)9-21(24)10-19)12-26-13-17(2)20(14-26)15-29-22-4-6-23(7-5-22)30(3,27)28/h4-10,16-17,20H,12-15H2,1-3H3/t16-,17-,20+/m1/s1. The molecule has 0 unspecified atom stereocenters. The van der Waals surface area contributed by atoms with Crippen molar-refractivity contribution in [2.45, 2.75) is 24.7 Å². The Labute approximate surface area is 184 Å². The number of hydrogen-bond acceptors (Lipinski definition) is 5. The van der Waals surface area contributed by atoms with Crippen LogP contribution in [0.3, 0.4) is 0 Å². The van der Waals surface area contributed by atoms with Crippen LogP contribution in [0.15, 0.2) is 47.4 Å². The average molecular weight is 447 g/mol. The largest absolute Gasteiger partial charge is 0.493 e. The lowest BCUT2D eigenvalue weighted by Crippen LogP contribution is -2.26. The highest BCUT2D eigenvalue weighted by molar-refractivity contribution is 7.90. The van der Waals surface area contributed by atoms with Crippen LogP contribution >= 0.6 is 11.6 Å². The molecule has 0 aromatic heterocycles. The first-order valence-corrected chi connectivity index (χ1v) is 12.3. The Kier molecular flexibility index (Phi) is 7.07. The Morgan fingerprint density at radius 3 is 2.57 bits per heavy atom. The number of rotatable bonds is 7. The van der Waals surface area contributed by atoms with E-state index in [0.29, 0.717) is 39.7 Å². The fraction of sp³-hybridized carbons (Fsp3) is 0.435. The Hall–Kier alpha value is -2.07. The van der Waals surface area contributed by atoms with Crippen molar-refractivity contribution in [1.82, 2.24) is 4.90 Å². The van der Waals surface area contributed by atoms with Crippen molar-refractivity contribution in [3.63, 3.8) is 0 Å². The SMILES string of the molecule is C[C@H](CN1C[C@@H](COc2ccc(S(C)(=O)=O)cc2)[C@H](C)C1)c1cc(Cl)cc(C#N)c1. The van der Waals surface area contributed by atoms with Crippen molar-refractivity contribution < 1.29 is 13.2 Å². The van der Waals surface area contributed by atoms with Gasteiger partial charge in [-0.3, -0.25) is 0 Å². The van der Waals surface area contributed by atoms with Gasteiger partial charge in [-0.05, 0) is 59.9 Å². The average Bonchev–Trinajstić information content (AvgIpc) is 3.04. The van der Waals surface area contributed by atoms with Crippen LogP contribution in [0.5, 0.6) is 5.75 Å². The van der Waals surface area contributed by atoms with Crippen molar-refractivity contribution in [2.24, 2.45) is 11.8 Å². The summed E-state index contributed by atoms with van der Waals surface area (Å²) in [5.41, 5.74) is 1.67. The molecule has 30 heavy (non-hydrogen) atoms. The summed E-state index contributed by atoms with van der Waals surface area (Å²) < 4.78 is 29.1. The molecule has 0 aliphatic carbocycles. The quantitative estimate of drug-likeness (QED) is 0.631. The molecule has 1 aliphatic rings. The highest BCUT2D eigenvalue weighted by Crippen LogP contribution is 2.28. The van der Waals surface area contributed by atoms with Gasteiger partial charge in [0.05, 0.1) is 23.1 Å². The highest BCUT2D eigenvalue weighted by atomic mass is 35.5. The summed E-state index contributed by atoms with van der Waals surface area (Å²) in [4.78, 5) is 2.73. The molecule has 2 aromatic rings. The third kappa shape index (κ3) is 5.75. The molecule has 0 bridgehead atoms. The van der Waals surface area contributed by atoms with Crippen LogP contribution in [0.2, 0.25) is 5.02 Å². The van der Waals surface area contributed by atoms with E-state index in [1.54, 1.807) is 30.3 Å². The predicted molar refractivity (Wildman–Crippen MR) is 119 cm³/mol. The molecule has 0 spiro atoms. The summed E-state index contributed by atoms with van der Waals surface area (Å²) in [7, 11) is -3.20. The van der Waals surface area contributed by atoms with E-state index in [1.165, 1.54) is 6.26 Å². The van der Waals surface area contributed by atoms with Crippen LogP contribution in [0, 0.1) is 23.2 Å².